The molecule has 4 heteroatoms. The number of hydrogen-bond acceptors (Lipinski definition) is 4. The summed E-state index contributed by atoms with van der Waals surface area (Å²) in [5.74, 6) is 0.677. The molecule has 0 radical (unpaired) electrons. The minimum atomic E-state index is 0.403. The Balaban J connectivity index is 4.14. The van der Waals surface area contributed by atoms with Crippen molar-refractivity contribution in [3.05, 3.63) is 0 Å². The van der Waals surface area contributed by atoms with E-state index in [1.54, 1.807) is 14.2 Å². The first kappa shape index (κ1) is 16.8. The van der Waals surface area contributed by atoms with Gasteiger partial charge in [-0.3, -0.25) is 4.90 Å². The van der Waals surface area contributed by atoms with Crippen LogP contribution in [0.1, 0.15) is 20.8 Å². The van der Waals surface area contributed by atoms with Crippen LogP contribution in [0.2, 0.25) is 0 Å². The van der Waals surface area contributed by atoms with Gasteiger partial charge >= 0.3 is 0 Å². The van der Waals surface area contributed by atoms with E-state index in [9.17, 15) is 0 Å². The fourth-order valence-corrected chi connectivity index (χ4v) is 1.97. The van der Waals surface area contributed by atoms with Crippen LogP contribution in [0.3, 0.4) is 0 Å². The van der Waals surface area contributed by atoms with E-state index in [2.05, 4.69) is 31.0 Å². The van der Waals surface area contributed by atoms with E-state index in [0.717, 1.165) is 39.4 Å². The zero-order valence-electron chi connectivity index (χ0n) is 12.2. The molecule has 17 heavy (non-hydrogen) atoms. The fraction of sp³-hybridized carbons (Fsp3) is 1.00. The molecule has 0 saturated carbocycles. The van der Waals surface area contributed by atoms with E-state index in [0.29, 0.717) is 12.0 Å². The third-order valence-electron chi connectivity index (χ3n) is 2.57. The maximum atomic E-state index is 5.25. The lowest BCUT2D eigenvalue weighted by molar-refractivity contribution is 0.107. The van der Waals surface area contributed by atoms with Gasteiger partial charge in [0.1, 0.15) is 0 Å². The molecule has 1 unspecified atom stereocenters. The lowest BCUT2D eigenvalue weighted by atomic mass is 10.2. The average Bonchev–Trinajstić information content (AvgIpc) is 2.26. The van der Waals surface area contributed by atoms with Crippen molar-refractivity contribution in [2.45, 2.75) is 26.8 Å². The summed E-state index contributed by atoms with van der Waals surface area (Å²) >= 11 is 0. The smallest absolute Gasteiger partial charge is 0.0628 e. The number of hydrogen-bond donors (Lipinski definition) is 1. The Hall–Kier alpha value is -0.160. The summed E-state index contributed by atoms with van der Waals surface area (Å²) < 4.78 is 10.4. The number of rotatable bonds is 11. The van der Waals surface area contributed by atoms with Gasteiger partial charge in [-0.25, -0.2) is 0 Å². The van der Waals surface area contributed by atoms with Gasteiger partial charge in [0.25, 0.3) is 0 Å². The largest absolute Gasteiger partial charge is 0.383 e. The van der Waals surface area contributed by atoms with Crippen LogP contribution in [0.4, 0.5) is 0 Å². The highest BCUT2D eigenvalue weighted by Crippen LogP contribution is 2.01. The zero-order chi connectivity index (χ0) is 13.1. The second-order valence-corrected chi connectivity index (χ2v) is 4.86. The third kappa shape index (κ3) is 9.53. The number of nitrogens with one attached hydrogen (secondary N) is 1. The first-order chi connectivity index (χ1) is 8.13. The topological polar surface area (TPSA) is 33.7 Å². The van der Waals surface area contributed by atoms with E-state index in [-0.39, 0.29) is 0 Å². The number of ether oxygens (including phenoxy) is 2. The summed E-state index contributed by atoms with van der Waals surface area (Å²) in [4.78, 5) is 2.44. The molecule has 0 aromatic rings. The molecule has 0 aromatic carbocycles. The van der Waals surface area contributed by atoms with Crippen LogP contribution >= 0.6 is 0 Å². The molecule has 0 aliphatic rings. The molecular weight excluding hydrogens is 216 g/mol. The molecule has 0 bridgehead atoms. The molecule has 0 amide bonds. The number of likely N-dealkylation sites (N-methyl/N-ethyl adjacent to an activating group) is 1. The first-order valence-corrected chi connectivity index (χ1v) is 6.57. The summed E-state index contributed by atoms with van der Waals surface area (Å²) in [6.07, 6.45) is 0. The van der Waals surface area contributed by atoms with Crippen molar-refractivity contribution in [1.29, 1.82) is 0 Å². The van der Waals surface area contributed by atoms with E-state index in [1.807, 2.05) is 0 Å². The lowest BCUT2D eigenvalue weighted by Gasteiger charge is -2.28. The van der Waals surface area contributed by atoms with Crippen LogP contribution in [0.15, 0.2) is 0 Å². The summed E-state index contributed by atoms with van der Waals surface area (Å²) in [5, 5.41) is 3.46. The van der Waals surface area contributed by atoms with Gasteiger partial charge in [-0.1, -0.05) is 20.8 Å². The van der Waals surface area contributed by atoms with Crippen LogP contribution in [0.5, 0.6) is 0 Å². The van der Waals surface area contributed by atoms with Gasteiger partial charge in [0.05, 0.1) is 13.2 Å². The Labute approximate surface area is 107 Å². The second-order valence-electron chi connectivity index (χ2n) is 4.86. The van der Waals surface area contributed by atoms with Crippen molar-refractivity contribution in [3.8, 4) is 0 Å². The molecule has 4 nitrogen and oxygen atoms in total. The molecule has 0 aliphatic carbocycles. The quantitative estimate of drug-likeness (QED) is 0.594. The van der Waals surface area contributed by atoms with E-state index in [4.69, 9.17) is 9.47 Å². The first-order valence-electron chi connectivity index (χ1n) is 6.57. The van der Waals surface area contributed by atoms with Gasteiger partial charge in [-0.05, 0) is 12.5 Å². The predicted octanol–water partition coefficient (Wildman–Crippen LogP) is 1.22. The van der Waals surface area contributed by atoms with Gasteiger partial charge in [0, 0.05) is 39.9 Å². The molecule has 0 fully saturated rings. The minimum Gasteiger partial charge on any atom is -0.383 e. The van der Waals surface area contributed by atoms with Crippen LogP contribution in [-0.4, -0.2) is 64.6 Å². The Morgan fingerprint density at radius 3 is 2.29 bits per heavy atom. The summed E-state index contributed by atoms with van der Waals surface area (Å²) in [6, 6.07) is 0.403. The summed E-state index contributed by atoms with van der Waals surface area (Å²) in [6.45, 7) is 12.3. The third-order valence-corrected chi connectivity index (χ3v) is 2.57. The normalized spacial score (nSPS) is 13.6. The van der Waals surface area contributed by atoms with Gasteiger partial charge in [0.2, 0.25) is 0 Å². The molecule has 1 N–H and O–H groups in total. The van der Waals surface area contributed by atoms with Gasteiger partial charge in [0.15, 0.2) is 0 Å². The lowest BCUT2D eigenvalue weighted by Crippen LogP contribution is -2.45. The minimum absolute atomic E-state index is 0.403. The molecule has 0 saturated heterocycles. The SMILES string of the molecule is CCNC(COC)CN(CCOC)CC(C)C. The molecule has 0 spiro atoms. The van der Waals surface area contributed by atoms with Crippen molar-refractivity contribution in [2.75, 3.05) is 53.6 Å². The molecule has 104 valence electrons. The Bertz CT molecular complexity index is 159. The van der Waals surface area contributed by atoms with Crippen LogP contribution in [0, 0.1) is 5.92 Å². The van der Waals surface area contributed by atoms with E-state index >= 15 is 0 Å². The average molecular weight is 246 g/mol. The van der Waals surface area contributed by atoms with Crippen molar-refractivity contribution < 1.29 is 9.47 Å². The zero-order valence-corrected chi connectivity index (χ0v) is 12.2. The van der Waals surface area contributed by atoms with Gasteiger partial charge < -0.3 is 14.8 Å². The summed E-state index contributed by atoms with van der Waals surface area (Å²) in [7, 11) is 3.51. The van der Waals surface area contributed by atoms with E-state index < -0.39 is 0 Å². The molecule has 0 aromatic heterocycles. The monoisotopic (exact) mass is 246 g/mol. The molecule has 0 heterocycles. The van der Waals surface area contributed by atoms with Crippen LogP contribution in [-0.2, 0) is 9.47 Å². The second kappa shape index (κ2) is 11.0. The maximum Gasteiger partial charge on any atom is 0.0628 e. The van der Waals surface area contributed by atoms with Crippen LogP contribution in [0.25, 0.3) is 0 Å². The van der Waals surface area contributed by atoms with Crippen LogP contribution < -0.4 is 5.32 Å². The highest BCUT2D eigenvalue weighted by molar-refractivity contribution is 4.72. The fourth-order valence-electron chi connectivity index (χ4n) is 1.97. The van der Waals surface area contributed by atoms with E-state index in [1.165, 1.54) is 0 Å². The number of nitrogens with zero attached hydrogens (tertiary/aromatic N) is 1. The molecule has 0 rings (SSSR count). The van der Waals surface area contributed by atoms with Gasteiger partial charge in [-0.2, -0.15) is 0 Å². The van der Waals surface area contributed by atoms with Crippen molar-refractivity contribution in [1.82, 2.24) is 10.2 Å². The van der Waals surface area contributed by atoms with Crippen molar-refractivity contribution in [2.24, 2.45) is 5.92 Å². The Kier molecular flexibility index (Phi) is 10.9. The van der Waals surface area contributed by atoms with Crippen molar-refractivity contribution >= 4 is 0 Å². The highest BCUT2D eigenvalue weighted by Gasteiger charge is 2.14. The maximum absolute atomic E-state index is 5.25. The molecular formula is C13H30N2O2. The highest BCUT2D eigenvalue weighted by atomic mass is 16.5. The predicted molar refractivity (Wildman–Crippen MR) is 72.5 cm³/mol. The van der Waals surface area contributed by atoms with Crippen molar-refractivity contribution in [3.63, 3.8) is 0 Å². The molecule has 1 atom stereocenters. The Morgan fingerprint density at radius 2 is 1.82 bits per heavy atom. The summed E-state index contributed by atoms with van der Waals surface area (Å²) in [5.41, 5.74) is 0. The van der Waals surface area contributed by atoms with Gasteiger partial charge in [-0.15, -0.1) is 0 Å². The standard InChI is InChI=1S/C13H30N2O2/c1-6-14-13(11-17-5)10-15(7-8-16-4)9-12(2)3/h12-14H,6-11H2,1-5H3. The number of methoxy groups -OCH3 is 2. The molecule has 0 aliphatic heterocycles. The Morgan fingerprint density at radius 1 is 1.12 bits per heavy atom.